The van der Waals surface area contributed by atoms with Crippen LogP contribution in [0.1, 0.15) is 67.7 Å². The number of hydrogen-bond donors (Lipinski definition) is 2. The van der Waals surface area contributed by atoms with E-state index in [2.05, 4.69) is 37.6 Å². The quantitative estimate of drug-likeness (QED) is 0.716. The number of benzene rings is 1. The number of carbonyl (C=O) groups excluding carboxylic acids is 1. The molecule has 29 heavy (non-hydrogen) atoms. The Hall–Kier alpha value is -2.63. The highest BCUT2D eigenvalue weighted by Crippen LogP contribution is 2.23. The van der Waals surface area contributed by atoms with Gasteiger partial charge in [0.15, 0.2) is 0 Å². The van der Waals surface area contributed by atoms with Gasteiger partial charge in [0, 0.05) is 36.6 Å². The molecule has 0 spiro atoms. The second-order valence-electron chi connectivity index (χ2n) is 8.21. The molecule has 1 amide bonds. The third-order valence-corrected chi connectivity index (χ3v) is 5.87. The number of nitrogens with one attached hydrogen (secondary N) is 2. The Morgan fingerprint density at radius 2 is 1.66 bits per heavy atom. The lowest BCUT2D eigenvalue weighted by Crippen LogP contribution is -2.21. The highest BCUT2D eigenvalue weighted by Gasteiger charge is 2.16. The predicted molar refractivity (Wildman–Crippen MR) is 118 cm³/mol. The van der Waals surface area contributed by atoms with E-state index in [0.717, 1.165) is 37.4 Å². The number of hydrogen-bond acceptors (Lipinski definition) is 5. The first-order valence-corrected chi connectivity index (χ1v) is 11.0. The molecule has 1 saturated carbocycles. The Morgan fingerprint density at radius 1 is 0.966 bits per heavy atom. The number of anilines is 3. The zero-order valence-corrected chi connectivity index (χ0v) is 17.3. The molecule has 2 fully saturated rings. The van der Waals surface area contributed by atoms with Crippen molar-refractivity contribution in [3.8, 4) is 0 Å². The summed E-state index contributed by atoms with van der Waals surface area (Å²) < 4.78 is 0. The summed E-state index contributed by atoms with van der Waals surface area (Å²) in [6.45, 7) is 4.06. The summed E-state index contributed by atoms with van der Waals surface area (Å²) in [5.74, 6) is 1.16. The fraction of sp³-hybridized carbons (Fsp3) is 0.522. The number of nitrogens with zero attached hydrogens (tertiary/aromatic N) is 3. The minimum absolute atomic E-state index is 0.201. The van der Waals surface area contributed by atoms with E-state index >= 15 is 0 Å². The van der Waals surface area contributed by atoms with Gasteiger partial charge in [-0.1, -0.05) is 25.7 Å². The average molecular weight is 394 g/mol. The lowest BCUT2D eigenvalue weighted by molar-refractivity contribution is 0.102. The maximum Gasteiger partial charge on any atom is 0.274 e. The van der Waals surface area contributed by atoms with E-state index in [1.54, 1.807) is 6.07 Å². The third-order valence-electron chi connectivity index (χ3n) is 5.87. The number of amides is 1. The first-order valence-electron chi connectivity index (χ1n) is 11.0. The van der Waals surface area contributed by atoms with Crippen LogP contribution in [-0.4, -0.2) is 35.0 Å². The summed E-state index contributed by atoms with van der Waals surface area (Å²) in [6, 6.07) is 10.3. The summed E-state index contributed by atoms with van der Waals surface area (Å²) >= 11 is 0. The molecule has 2 N–H and O–H groups in total. The van der Waals surface area contributed by atoms with Crippen LogP contribution in [0.15, 0.2) is 30.3 Å². The second-order valence-corrected chi connectivity index (χ2v) is 8.21. The van der Waals surface area contributed by atoms with Gasteiger partial charge in [0.2, 0.25) is 0 Å². The molecule has 1 aliphatic heterocycles. The van der Waals surface area contributed by atoms with E-state index < -0.39 is 0 Å². The highest BCUT2D eigenvalue weighted by atomic mass is 16.1. The van der Waals surface area contributed by atoms with Crippen LogP contribution < -0.4 is 15.5 Å². The summed E-state index contributed by atoms with van der Waals surface area (Å²) in [4.78, 5) is 24.0. The summed E-state index contributed by atoms with van der Waals surface area (Å²) in [5, 5.41) is 6.49. The van der Waals surface area contributed by atoms with E-state index in [9.17, 15) is 4.79 Å². The molecule has 6 heteroatoms. The monoisotopic (exact) mass is 393 g/mol. The molecule has 154 valence electrons. The summed E-state index contributed by atoms with van der Waals surface area (Å²) in [5.41, 5.74) is 2.40. The number of aryl methyl sites for hydroxylation is 1. The van der Waals surface area contributed by atoms with Crippen LogP contribution >= 0.6 is 0 Å². The molecule has 0 bridgehead atoms. The van der Waals surface area contributed by atoms with Crippen LogP contribution in [0.2, 0.25) is 0 Å². The van der Waals surface area contributed by atoms with Gasteiger partial charge in [-0.3, -0.25) is 4.79 Å². The van der Waals surface area contributed by atoms with Crippen LogP contribution in [0.4, 0.5) is 17.2 Å². The van der Waals surface area contributed by atoms with Crippen molar-refractivity contribution in [2.75, 3.05) is 28.6 Å². The van der Waals surface area contributed by atoms with E-state index in [1.165, 1.54) is 44.2 Å². The van der Waals surface area contributed by atoms with Crippen molar-refractivity contribution in [1.29, 1.82) is 0 Å². The molecule has 0 unspecified atom stereocenters. The lowest BCUT2D eigenvalue weighted by atomic mass is 10.1. The van der Waals surface area contributed by atoms with Gasteiger partial charge in [0.1, 0.15) is 17.3 Å². The maximum atomic E-state index is 12.8. The molecule has 1 saturated heterocycles. The predicted octanol–water partition coefficient (Wildman–Crippen LogP) is 4.77. The smallest absolute Gasteiger partial charge is 0.274 e. The second kappa shape index (κ2) is 9.25. The van der Waals surface area contributed by atoms with Crippen molar-refractivity contribution in [2.45, 2.75) is 64.3 Å². The van der Waals surface area contributed by atoms with Crippen molar-refractivity contribution in [1.82, 2.24) is 9.97 Å². The molecule has 0 atom stereocenters. The van der Waals surface area contributed by atoms with Gasteiger partial charge in [-0.2, -0.15) is 0 Å². The molecule has 2 heterocycles. The van der Waals surface area contributed by atoms with E-state index in [4.69, 9.17) is 0 Å². The van der Waals surface area contributed by atoms with Gasteiger partial charge >= 0.3 is 0 Å². The van der Waals surface area contributed by atoms with Crippen LogP contribution in [0.25, 0.3) is 0 Å². The topological polar surface area (TPSA) is 70.2 Å². The van der Waals surface area contributed by atoms with Gasteiger partial charge in [-0.05, 0) is 56.9 Å². The average Bonchev–Trinajstić information content (AvgIpc) is 3.13. The van der Waals surface area contributed by atoms with Gasteiger partial charge in [0.05, 0.1) is 0 Å². The minimum Gasteiger partial charge on any atom is -0.372 e. The third kappa shape index (κ3) is 5.25. The molecule has 2 aliphatic rings. The molecular weight excluding hydrogens is 362 g/mol. The van der Waals surface area contributed by atoms with Crippen LogP contribution in [0, 0.1) is 6.92 Å². The first-order chi connectivity index (χ1) is 14.2. The van der Waals surface area contributed by atoms with E-state index in [1.807, 2.05) is 19.1 Å². The summed E-state index contributed by atoms with van der Waals surface area (Å²) in [7, 11) is 0. The molecular formula is C23H31N5O. The largest absolute Gasteiger partial charge is 0.372 e. The Balaban J connectivity index is 1.41. The van der Waals surface area contributed by atoms with E-state index in [-0.39, 0.29) is 5.91 Å². The lowest BCUT2D eigenvalue weighted by Gasteiger charge is -2.18. The van der Waals surface area contributed by atoms with Crippen molar-refractivity contribution in [3.63, 3.8) is 0 Å². The van der Waals surface area contributed by atoms with Crippen molar-refractivity contribution in [3.05, 3.63) is 41.9 Å². The Labute approximate surface area is 173 Å². The van der Waals surface area contributed by atoms with Crippen LogP contribution in [0.5, 0.6) is 0 Å². The van der Waals surface area contributed by atoms with Gasteiger partial charge in [0.25, 0.3) is 5.91 Å². The normalized spacial score (nSPS) is 17.8. The first kappa shape index (κ1) is 19.7. The SMILES string of the molecule is Cc1nc(NC2CCCCCC2)cc(C(=O)Nc2ccc(N3CCCC3)cc2)n1. The number of aromatic nitrogens is 2. The van der Waals surface area contributed by atoms with E-state index in [0.29, 0.717) is 17.6 Å². The number of rotatable bonds is 5. The Morgan fingerprint density at radius 3 is 2.34 bits per heavy atom. The fourth-order valence-corrected chi connectivity index (χ4v) is 4.32. The van der Waals surface area contributed by atoms with Gasteiger partial charge in [-0.25, -0.2) is 9.97 Å². The van der Waals surface area contributed by atoms with Crippen molar-refractivity contribution >= 4 is 23.1 Å². The molecule has 1 aromatic heterocycles. The zero-order valence-electron chi connectivity index (χ0n) is 17.3. The Bertz CT molecular complexity index is 822. The highest BCUT2D eigenvalue weighted by molar-refractivity contribution is 6.03. The zero-order chi connectivity index (χ0) is 20.1. The van der Waals surface area contributed by atoms with Crippen LogP contribution in [0.3, 0.4) is 0 Å². The molecule has 2 aromatic rings. The molecule has 1 aromatic carbocycles. The molecule has 4 rings (SSSR count). The van der Waals surface area contributed by atoms with Crippen LogP contribution in [-0.2, 0) is 0 Å². The standard InChI is InChI=1S/C23H31N5O/c1-17-24-21(16-22(25-17)26-18-8-4-2-3-5-9-18)23(29)27-19-10-12-20(13-11-19)28-14-6-7-15-28/h10-13,16,18H,2-9,14-15H2,1H3,(H,27,29)(H,24,25,26). The maximum absolute atomic E-state index is 12.8. The van der Waals surface area contributed by atoms with Crippen molar-refractivity contribution in [2.24, 2.45) is 0 Å². The van der Waals surface area contributed by atoms with Crippen molar-refractivity contribution < 1.29 is 4.79 Å². The summed E-state index contributed by atoms with van der Waals surface area (Å²) in [6.07, 6.45) is 9.95. The molecule has 0 radical (unpaired) electrons. The fourth-order valence-electron chi connectivity index (χ4n) is 4.32. The van der Waals surface area contributed by atoms with Gasteiger partial charge < -0.3 is 15.5 Å². The van der Waals surface area contributed by atoms with Gasteiger partial charge in [-0.15, -0.1) is 0 Å². The molecule has 1 aliphatic carbocycles. The minimum atomic E-state index is -0.201. The number of carbonyl (C=O) groups is 1. The Kier molecular flexibility index (Phi) is 6.27. The molecule has 6 nitrogen and oxygen atoms in total.